The Balaban J connectivity index is 1.55. The van der Waals surface area contributed by atoms with Crippen LogP contribution in [-0.4, -0.2) is 37.6 Å². The minimum atomic E-state index is 0.761. The van der Waals surface area contributed by atoms with Gasteiger partial charge >= 0.3 is 0 Å². The van der Waals surface area contributed by atoms with Gasteiger partial charge < -0.3 is 10.2 Å². The molecule has 2 unspecified atom stereocenters. The molecule has 2 fully saturated rings. The molecule has 2 saturated heterocycles. The van der Waals surface area contributed by atoms with Gasteiger partial charge in [-0.3, -0.25) is 0 Å². The van der Waals surface area contributed by atoms with Gasteiger partial charge in [-0.15, -0.1) is 0 Å². The summed E-state index contributed by atoms with van der Waals surface area (Å²) >= 11 is 0. The number of piperidine rings is 1. The van der Waals surface area contributed by atoms with Crippen LogP contribution in [0.15, 0.2) is 24.3 Å². The number of hydrogen-bond donors (Lipinski definition) is 1. The number of nitrogens with zero attached hydrogens (tertiary/aromatic N) is 1. The first-order valence-corrected chi connectivity index (χ1v) is 7.81. The Hall–Kier alpha value is -0.860. The minimum Gasteiger partial charge on any atom is -0.316 e. The lowest BCUT2D eigenvalue weighted by atomic mass is 9.97. The van der Waals surface area contributed by atoms with Crippen LogP contribution in [0.2, 0.25) is 0 Å². The first-order chi connectivity index (χ1) is 9.31. The maximum atomic E-state index is 3.53. The summed E-state index contributed by atoms with van der Waals surface area (Å²) < 4.78 is 0. The Kier molecular flexibility index (Phi) is 4.19. The van der Waals surface area contributed by atoms with E-state index in [0.29, 0.717) is 0 Å². The normalized spacial score (nSPS) is 28.7. The Bertz CT molecular complexity index is 409. The second kappa shape index (κ2) is 6.06. The number of benzene rings is 1. The smallest absolute Gasteiger partial charge is 0.00509 e. The average Bonchev–Trinajstić information content (AvgIpc) is 2.88. The second-order valence-corrected chi connectivity index (χ2v) is 6.37. The topological polar surface area (TPSA) is 15.3 Å². The molecule has 0 bridgehead atoms. The fraction of sp³-hybridized carbons (Fsp3) is 0.647. The molecule has 104 valence electrons. The monoisotopic (exact) mass is 258 g/mol. The molecule has 0 spiro atoms. The van der Waals surface area contributed by atoms with E-state index >= 15 is 0 Å². The highest BCUT2D eigenvalue weighted by Gasteiger charge is 2.26. The van der Waals surface area contributed by atoms with E-state index in [2.05, 4.69) is 41.4 Å². The highest BCUT2D eigenvalue weighted by atomic mass is 15.1. The van der Waals surface area contributed by atoms with Gasteiger partial charge in [-0.05, 0) is 63.2 Å². The summed E-state index contributed by atoms with van der Waals surface area (Å²) in [5, 5.41) is 3.53. The Morgan fingerprint density at radius 1 is 1.32 bits per heavy atom. The SMILES string of the molecule is Cc1cccc(C2CCN(CC3CCCNC3)C2)c1. The van der Waals surface area contributed by atoms with Crippen molar-refractivity contribution in [3.63, 3.8) is 0 Å². The van der Waals surface area contributed by atoms with Crippen molar-refractivity contribution in [2.24, 2.45) is 5.92 Å². The van der Waals surface area contributed by atoms with Crippen LogP contribution < -0.4 is 5.32 Å². The fourth-order valence-corrected chi connectivity index (χ4v) is 3.64. The summed E-state index contributed by atoms with van der Waals surface area (Å²) in [6.07, 6.45) is 4.11. The van der Waals surface area contributed by atoms with E-state index in [1.54, 1.807) is 5.56 Å². The Labute approximate surface area is 117 Å². The van der Waals surface area contributed by atoms with Gasteiger partial charge in [0, 0.05) is 13.1 Å². The van der Waals surface area contributed by atoms with Crippen LogP contribution in [0.3, 0.4) is 0 Å². The van der Waals surface area contributed by atoms with Gasteiger partial charge in [0.15, 0.2) is 0 Å². The summed E-state index contributed by atoms with van der Waals surface area (Å²) in [6.45, 7) is 8.50. The maximum absolute atomic E-state index is 3.53. The third-order valence-electron chi connectivity index (χ3n) is 4.70. The van der Waals surface area contributed by atoms with Crippen LogP contribution in [0.25, 0.3) is 0 Å². The van der Waals surface area contributed by atoms with Gasteiger partial charge in [0.05, 0.1) is 0 Å². The predicted molar refractivity (Wildman–Crippen MR) is 80.6 cm³/mol. The number of nitrogens with one attached hydrogen (secondary N) is 1. The zero-order valence-electron chi connectivity index (χ0n) is 12.1. The molecule has 2 aliphatic rings. The molecule has 1 aromatic rings. The number of likely N-dealkylation sites (tertiary alicyclic amines) is 1. The van der Waals surface area contributed by atoms with Crippen molar-refractivity contribution < 1.29 is 0 Å². The molecule has 3 rings (SSSR count). The Morgan fingerprint density at radius 3 is 3.05 bits per heavy atom. The van der Waals surface area contributed by atoms with Gasteiger partial charge in [0.2, 0.25) is 0 Å². The molecule has 1 aromatic carbocycles. The van der Waals surface area contributed by atoms with Gasteiger partial charge in [-0.2, -0.15) is 0 Å². The van der Waals surface area contributed by atoms with Crippen molar-refractivity contribution in [2.45, 2.75) is 32.1 Å². The van der Waals surface area contributed by atoms with Crippen molar-refractivity contribution in [1.82, 2.24) is 10.2 Å². The quantitative estimate of drug-likeness (QED) is 0.897. The van der Waals surface area contributed by atoms with Gasteiger partial charge in [-0.1, -0.05) is 29.8 Å². The molecule has 0 aliphatic carbocycles. The molecule has 1 N–H and O–H groups in total. The van der Waals surface area contributed by atoms with Crippen molar-refractivity contribution in [3.8, 4) is 0 Å². The predicted octanol–water partition coefficient (Wildman–Crippen LogP) is 2.78. The number of rotatable bonds is 3. The van der Waals surface area contributed by atoms with E-state index in [9.17, 15) is 0 Å². The third kappa shape index (κ3) is 3.37. The van der Waals surface area contributed by atoms with Crippen LogP contribution in [0.1, 0.15) is 36.3 Å². The molecule has 0 amide bonds. The zero-order valence-corrected chi connectivity index (χ0v) is 12.1. The first kappa shape index (κ1) is 13.1. The van der Waals surface area contributed by atoms with E-state index in [-0.39, 0.29) is 0 Å². The molecule has 0 radical (unpaired) electrons. The molecule has 19 heavy (non-hydrogen) atoms. The molecule has 2 heterocycles. The van der Waals surface area contributed by atoms with Crippen molar-refractivity contribution in [3.05, 3.63) is 35.4 Å². The van der Waals surface area contributed by atoms with E-state index in [0.717, 1.165) is 11.8 Å². The molecule has 2 aliphatic heterocycles. The molecule has 0 saturated carbocycles. The van der Waals surface area contributed by atoms with Crippen LogP contribution in [0.5, 0.6) is 0 Å². The Morgan fingerprint density at radius 2 is 2.26 bits per heavy atom. The first-order valence-electron chi connectivity index (χ1n) is 7.81. The largest absolute Gasteiger partial charge is 0.316 e. The van der Waals surface area contributed by atoms with Gasteiger partial charge in [0.25, 0.3) is 0 Å². The summed E-state index contributed by atoms with van der Waals surface area (Å²) in [5.41, 5.74) is 2.94. The highest BCUT2D eigenvalue weighted by molar-refractivity contribution is 5.26. The van der Waals surface area contributed by atoms with Crippen LogP contribution in [-0.2, 0) is 0 Å². The van der Waals surface area contributed by atoms with Crippen molar-refractivity contribution in [2.75, 3.05) is 32.7 Å². The highest BCUT2D eigenvalue weighted by Crippen LogP contribution is 2.28. The van der Waals surface area contributed by atoms with Gasteiger partial charge in [-0.25, -0.2) is 0 Å². The molecule has 2 heteroatoms. The standard InChI is InChI=1S/C17H26N2/c1-14-4-2-6-16(10-14)17-7-9-19(13-17)12-15-5-3-8-18-11-15/h2,4,6,10,15,17-18H,3,5,7-9,11-13H2,1H3. The second-order valence-electron chi connectivity index (χ2n) is 6.37. The molecule has 0 aromatic heterocycles. The van der Waals surface area contributed by atoms with Crippen molar-refractivity contribution >= 4 is 0 Å². The minimum absolute atomic E-state index is 0.761. The molecule has 2 nitrogen and oxygen atoms in total. The summed E-state index contributed by atoms with van der Waals surface area (Å²) in [4.78, 5) is 2.69. The number of aryl methyl sites for hydroxylation is 1. The average molecular weight is 258 g/mol. The van der Waals surface area contributed by atoms with Gasteiger partial charge in [0.1, 0.15) is 0 Å². The molecular formula is C17H26N2. The van der Waals surface area contributed by atoms with Crippen LogP contribution >= 0.6 is 0 Å². The molecular weight excluding hydrogens is 232 g/mol. The maximum Gasteiger partial charge on any atom is 0.00509 e. The summed E-state index contributed by atoms with van der Waals surface area (Å²) in [5.74, 6) is 1.64. The zero-order chi connectivity index (χ0) is 13.1. The van der Waals surface area contributed by atoms with Crippen LogP contribution in [0, 0.1) is 12.8 Å². The van der Waals surface area contributed by atoms with Crippen molar-refractivity contribution in [1.29, 1.82) is 0 Å². The van der Waals surface area contributed by atoms with Crippen LogP contribution in [0.4, 0.5) is 0 Å². The van der Waals surface area contributed by atoms with E-state index in [1.807, 2.05) is 0 Å². The third-order valence-corrected chi connectivity index (χ3v) is 4.70. The van der Waals surface area contributed by atoms with E-state index < -0.39 is 0 Å². The fourth-order valence-electron chi connectivity index (χ4n) is 3.64. The number of hydrogen-bond acceptors (Lipinski definition) is 2. The lowest BCUT2D eigenvalue weighted by Crippen LogP contribution is -2.37. The lowest BCUT2D eigenvalue weighted by Gasteiger charge is -2.27. The summed E-state index contributed by atoms with van der Waals surface area (Å²) in [6, 6.07) is 9.09. The lowest BCUT2D eigenvalue weighted by molar-refractivity contribution is 0.242. The molecule has 2 atom stereocenters. The van der Waals surface area contributed by atoms with E-state index in [1.165, 1.54) is 57.5 Å². The summed E-state index contributed by atoms with van der Waals surface area (Å²) in [7, 11) is 0. The van der Waals surface area contributed by atoms with E-state index in [4.69, 9.17) is 0 Å².